The Hall–Kier alpha value is -2.61. The fraction of sp³-hybridized carbons (Fsp3) is 0.480. The Morgan fingerprint density at radius 3 is 2.06 bits per heavy atom. The number of aliphatic hydroxyl groups is 2. The predicted molar refractivity (Wildman–Crippen MR) is 122 cm³/mol. The second kappa shape index (κ2) is 7.47. The predicted octanol–water partition coefficient (Wildman–Crippen LogP) is 3.50. The first-order valence-corrected chi connectivity index (χ1v) is 10.9. The maximum Gasteiger partial charge on any atom is 0.258 e. The lowest BCUT2D eigenvalue weighted by Gasteiger charge is -2.52. The van der Waals surface area contributed by atoms with Crippen LogP contribution in [0.4, 0.5) is 0 Å². The molecule has 1 aliphatic rings. The van der Waals surface area contributed by atoms with Gasteiger partial charge in [0.15, 0.2) is 0 Å². The van der Waals surface area contributed by atoms with Gasteiger partial charge in [-0.05, 0) is 36.5 Å². The van der Waals surface area contributed by atoms with Crippen LogP contribution in [-0.4, -0.2) is 38.4 Å². The van der Waals surface area contributed by atoms with E-state index in [1.54, 1.807) is 26.2 Å². The first kappa shape index (κ1) is 22.6. The maximum absolute atomic E-state index is 12.2. The molecule has 0 unspecified atom stereocenters. The van der Waals surface area contributed by atoms with Gasteiger partial charge in [0.2, 0.25) is 5.82 Å². The molecule has 1 aromatic carbocycles. The molecule has 3 heterocycles. The highest BCUT2D eigenvalue weighted by Crippen LogP contribution is 2.48. The van der Waals surface area contributed by atoms with Crippen molar-refractivity contribution < 1.29 is 14.7 Å². The summed E-state index contributed by atoms with van der Waals surface area (Å²) in [6.07, 6.45) is 3.33. The number of aromatic nitrogens is 3. The van der Waals surface area contributed by atoms with E-state index in [1.165, 1.54) is 5.56 Å². The molecule has 1 aliphatic heterocycles. The maximum atomic E-state index is 12.2. The van der Waals surface area contributed by atoms with Gasteiger partial charge in [-0.2, -0.15) is 4.98 Å². The molecule has 0 aliphatic carbocycles. The van der Waals surface area contributed by atoms with E-state index in [4.69, 9.17) is 4.52 Å². The van der Waals surface area contributed by atoms with Crippen LogP contribution in [0.5, 0.6) is 0 Å². The lowest BCUT2D eigenvalue weighted by molar-refractivity contribution is -0.0769. The molecule has 32 heavy (non-hydrogen) atoms. The normalized spacial score (nSPS) is 18.1. The molecule has 170 valence electrons. The SMILES string of the molecule is CC(C)(C)c1ccc([C@](O)(c2cncc(-c3noc(C(C)(C)O)n3)c2)C2(C)CNC2)cc1. The molecular weight excluding hydrogens is 404 g/mol. The van der Waals surface area contributed by atoms with Gasteiger partial charge in [-0.1, -0.05) is 57.1 Å². The molecule has 0 amide bonds. The standard InChI is InChI=1S/C25H32N4O3/c1-22(2,3)17-7-9-18(10-8-17)25(31,24(6)14-27-15-24)19-11-16(12-26-13-19)20-28-21(32-29-20)23(4,5)30/h7-13,27,30-31H,14-15H2,1-6H3/t25-/m0/s1. The van der Waals surface area contributed by atoms with Gasteiger partial charge in [0.05, 0.1) is 0 Å². The van der Waals surface area contributed by atoms with E-state index in [2.05, 4.69) is 60.3 Å². The van der Waals surface area contributed by atoms with Crippen molar-refractivity contribution in [2.24, 2.45) is 5.41 Å². The second-order valence-corrected chi connectivity index (χ2v) is 10.6. The summed E-state index contributed by atoms with van der Waals surface area (Å²) in [6, 6.07) is 10.0. The van der Waals surface area contributed by atoms with E-state index in [0.717, 1.165) is 5.56 Å². The summed E-state index contributed by atoms with van der Waals surface area (Å²) in [5, 5.41) is 29.7. The first-order chi connectivity index (χ1) is 14.8. The third-order valence-electron chi connectivity index (χ3n) is 6.44. The topological polar surface area (TPSA) is 104 Å². The van der Waals surface area contributed by atoms with E-state index in [9.17, 15) is 10.2 Å². The molecule has 0 saturated carbocycles. The highest BCUT2D eigenvalue weighted by Gasteiger charge is 2.53. The number of hydrogen-bond donors (Lipinski definition) is 3. The van der Waals surface area contributed by atoms with Crippen LogP contribution in [0.25, 0.3) is 11.4 Å². The fourth-order valence-electron chi connectivity index (χ4n) is 4.18. The summed E-state index contributed by atoms with van der Waals surface area (Å²) in [7, 11) is 0. The molecule has 1 fully saturated rings. The van der Waals surface area contributed by atoms with Crippen LogP contribution >= 0.6 is 0 Å². The van der Waals surface area contributed by atoms with Gasteiger partial charge in [0.25, 0.3) is 5.89 Å². The molecular formula is C25H32N4O3. The van der Waals surface area contributed by atoms with Crippen LogP contribution in [0.3, 0.4) is 0 Å². The Balaban J connectivity index is 1.80. The average Bonchev–Trinajstić information content (AvgIpc) is 3.22. The summed E-state index contributed by atoms with van der Waals surface area (Å²) in [6.45, 7) is 13.1. The Bertz CT molecular complexity index is 1110. The number of benzene rings is 1. The summed E-state index contributed by atoms with van der Waals surface area (Å²) in [5.41, 5.74) is 0.414. The second-order valence-electron chi connectivity index (χ2n) is 10.6. The molecule has 0 bridgehead atoms. The third-order valence-corrected chi connectivity index (χ3v) is 6.44. The van der Waals surface area contributed by atoms with Crippen LogP contribution < -0.4 is 5.32 Å². The lowest BCUT2D eigenvalue weighted by atomic mass is 9.62. The highest BCUT2D eigenvalue weighted by atomic mass is 16.5. The summed E-state index contributed by atoms with van der Waals surface area (Å²) in [5.74, 6) is 0.444. The minimum absolute atomic E-state index is 0.0247. The zero-order valence-electron chi connectivity index (χ0n) is 19.6. The van der Waals surface area contributed by atoms with Crippen molar-refractivity contribution in [2.75, 3.05) is 13.1 Å². The van der Waals surface area contributed by atoms with Crippen LogP contribution in [0.1, 0.15) is 64.1 Å². The van der Waals surface area contributed by atoms with Gasteiger partial charge in [-0.3, -0.25) is 4.98 Å². The molecule has 1 saturated heterocycles. The Labute approximate surface area is 188 Å². The van der Waals surface area contributed by atoms with Crippen LogP contribution in [0, 0.1) is 5.41 Å². The van der Waals surface area contributed by atoms with Crippen LogP contribution in [-0.2, 0) is 16.6 Å². The minimum atomic E-state index is -1.26. The molecule has 1 atom stereocenters. The van der Waals surface area contributed by atoms with Crippen LogP contribution in [0.15, 0.2) is 47.2 Å². The Morgan fingerprint density at radius 2 is 1.56 bits per heavy atom. The van der Waals surface area contributed by atoms with E-state index in [1.807, 2.05) is 18.2 Å². The summed E-state index contributed by atoms with van der Waals surface area (Å²) < 4.78 is 5.23. The lowest BCUT2D eigenvalue weighted by Crippen LogP contribution is -2.63. The van der Waals surface area contributed by atoms with E-state index in [0.29, 0.717) is 30.0 Å². The number of hydrogen-bond acceptors (Lipinski definition) is 7. The number of rotatable bonds is 5. The first-order valence-electron chi connectivity index (χ1n) is 10.9. The molecule has 4 rings (SSSR count). The van der Waals surface area contributed by atoms with Crippen molar-refractivity contribution in [2.45, 2.75) is 58.2 Å². The van der Waals surface area contributed by atoms with Crippen molar-refractivity contribution in [1.82, 2.24) is 20.4 Å². The van der Waals surface area contributed by atoms with E-state index >= 15 is 0 Å². The summed E-state index contributed by atoms with van der Waals surface area (Å²) >= 11 is 0. The van der Waals surface area contributed by atoms with Gasteiger partial charge in [-0.15, -0.1) is 0 Å². The molecule has 2 aromatic heterocycles. The van der Waals surface area contributed by atoms with Gasteiger partial charge >= 0.3 is 0 Å². The number of pyridine rings is 1. The van der Waals surface area contributed by atoms with Crippen molar-refractivity contribution in [3.05, 3.63) is 65.3 Å². The fourth-order valence-corrected chi connectivity index (χ4v) is 4.18. The Morgan fingerprint density at radius 1 is 0.938 bits per heavy atom. The molecule has 3 N–H and O–H groups in total. The summed E-state index contributed by atoms with van der Waals surface area (Å²) in [4.78, 5) is 8.71. The van der Waals surface area contributed by atoms with Crippen molar-refractivity contribution in [3.8, 4) is 11.4 Å². The van der Waals surface area contributed by atoms with Crippen LogP contribution in [0.2, 0.25) is 0 Å². The van der Waals surface area contributed by atoms with E-state index < -0.39 is 16.6 Å². The molecule has 7 nitrogen and oxygen atoms in total. The smallest absolute Gasteiger partial charge is 0.258 e. The zero-order valence-corrected chi connectivity index (χ0v) is 19.6. The quantitative estimate of drug-likeness (QED) is 0.562. The zero-order chi connectivity index (χ0) is 23.4. The monoisotopic (exact) mass is 436 g/mol. The number of nitrogens with one attached hydrogen (secondary N) is 1. The molecule has 3 aromatic rings. The van der Waals surface area contributed by atoms with E-state index in [-0.39, 0.29) is 11.3 Å². The van der Waals surface area contributed by atoms with Gasteiger partial charge < -0.3 is 20.1 Å². The van der Waals surface area contributed by atoms with Gasteiger partial charge in [-0.25, -0.2) is 0 Å². The minimum Gasteiger partial charge on any atom is -0.381 e. The van der Waals surface area contributed by atoms with Crippen molar-refractivity contribution in [3.63, 3.8) is 0 Å². The third kappa shape index (κ3) is 3.74. The average molecular weight is 437 g/mol. The number of nitrogens with zero attached hydrogens (tertiary/aromatic N) is 3. The molecule has 0 radical (unpaired) electrons. The van der Waals surface area contributed by atoms with Gasteiger partial charge in [0.1, 0.15) is 11.2 Å². The molecule has 0 spiro atoms. The highest BCUT2D eigenvalue weighted by molar-refractivity contribution is 5.56. The van der Waals surface area contributed by atoms with Crippen molar-refractivity contribution >= 4 is 0 Å². The molecule has 7 heteroatoms. The Kier molecular flexibility index (Phi) is 5.27. The van der Waals surface area contributed by atoms with Crippen molar-refractivity contribution in [1.29, 1.82) is 0 Å². The van der Waals surface area contributed by atoms with Gasteiger partial charge in [0, 0.05) is 42.0 Å². The largest absolute Gasteiger partial charge is 0.381 e.